The second-order valence-electron chi connectivity index (χ2n) is 3.83. The molecule has 1 amide bonds. The van der Waals surface area contributed by atoms with E-state index in [1.54, 1.807) is 6.07 Å². The average molecular weight is 277 g/mol. The fourth-order valence-corrected chi connectivity index (χ4v) is 1.56. The number of hydrogen-bond acceptors (Lipinski definition) is 5. The van der Waals surface area contributed by atoms with Crippen LogP contribution in [0.3, 0.4) is 0 Å². The van der Waals surface area contributed by atoms with Crippen LogP contribution in [-0.4, -0.2) is 18.0 Å². The number of methoxy groups -OCH3 is 1. The number of nitrogens with zero attached hydrogens (tertiary/aromatic N) is 1. The lowest BCUT2D eigenvalue weighted by atomic mass is 10.2. The van der Waals surface area contributed by atoms with E-state index in [1.165, 1.54) is 25.3 Å². The zero-order chi connectivity index (χ0) is 14.7. The van der Waals surface area contributed by atoms with Gasteiger partial charge in [-0.1, -0.05) is 6.07 Å². The van der Waals surface area contributed by atoms with E-state index in [2.05, 4.69) is 4.98 Å². The van der Waals surface area contributed by atoms with E-state index in [-0.39, 0.29) is 28.8 Å². The minimum absolute atomic E-state index is 0.00236. The predicted molar refractivity (Wildman–Crippen MR) is 70.2 cm³/mol. The number of aromatic nitrogens is 1. The zero-order valence-electron chi connectivity index (χ0n) is 10.6. The summed E-state index contributed by atoms with van der Waals surface area (Å²) in [6.45, 7) is 0. The standard InChI is InChI=1S/C13H12FN3O3/c1-19-10-6-5-8(15)13(17-10)20-9-4-2-3-7(14)11(9)12(16)18/h2-6H,15H2,1H3,(H2,16,18). The van der Waals surface area contributed by atoms with Crippen LogP contribution in [0, 0.1) is 5.82 Å². The third-order valence-corrected chi connectivity index (χ3v) is 2.50. The number of primary amides is 1. The van der Waals surface area contributed by atoms with Gasteiger partial charge in [0.2, 0.25) is 11.8 Å². The van der Waals surface area contributed by atoms with Crippen LogP contribution in [0.15, 0.2) is 30.3 Å². The summed E-state index contributed by atoms with van der Waals surface area (Å²) in [7, 11) is 1.43. The van der Waals surface area contributed by atoms with E-state index < -0.39 is 11.7 Å². The molecule has 0 atom stereocenters. The number of nitrogens with two attached hydrogens (primary N) is 2. The number of anilines is 1. The Balaban J connectivity index is 2.45. The molecule has 6 nitrogen and oxygen atoms in total. The van der Waals surface area contributed by atoms with Gasteiger partial charge in [-0.3, -0.25) is 4.79 Å². The molecule has 20 heavy (non-hydrogen) atoms. The van der Waals surface area contributed by atoms with Crippen LogP contribution < -0.4 is 20.9 Å². The summed E-state index contributed by atoms with van der Waals surface area (Å²) in [6, 6.07) is 6.94. The number of carbonyl (C=O) groups excluding carboxylic acids is 1. The molecule has 104 valence electrons. The molecule has 0 aliphatic rings. The van der Waals surface area contributed by atoms with E-state index in [4.69, 9.17) is 20.9 Å². The lowest BCUT2D eigenvalue weighted by Crippen LogP contribution is -2.14. The van der Waals surface area contributed by atoms with Crippen LogP contribution in [0.4, 0.5) is 10.1 Å². The SMILES string of the molecule is COc1ccc(N)c(Oc2cccc(F)c2C(N)=O)n1. The first-order valence-corrected chi connectivity index (χ1v) is 5.59. The van der Waals surface area contributed by atoms with E-state index in [1.807, 2.05) is 0 Å². The van der Waals surface area contributed by atoms with Crippen molar-refractivity contribution in [1.29, 1.82) is 0 Å². The number of rotatable bonds is 4. The molecule has 0 aliphatic carbocycles. The Morgan fingerprint density at radius 3 is 2.70 bits per heavy atom. The first-order valence-electron chi connectivity index (χ1n) is 5.59. The number of halogens is 1. The molecule has 2 aromatic rings. The Labute approximate surface area is 114 Å². The zero-order valence-corrected chi connectivity index (χ0v) is 10.6. The van der Waals surface area contributed by atoms with Crippen molar-refractivity contribution in [2.75, 3.05) is 12.8 Å². The molecule has 1 heterocycles. The van der Waals surface area contributed by atoms with Crippen molar-refractivity contribution in [2.45, 2.75) is 0 Å². The normalized spacial score (nSPS) is 10.1. The van der Waals surface area contributed by atoms with Crippen LogP contribution in [0.5, 0.6) is 17.5 Å². The van der Waals surface area contributed by atoms with Crippen molar-refractivity contribution in [3.8, 4) is 17.5 Å². The highest BCUT2D eigenvalue weighted by Crippen LogP contribution is 2.30. The van der Waals surface area contributed by atoms with Crippen molar-refractivity contribution in [3.63, 3.8) is 0 Å². The molecule has 0 aliphatic heterocycles. The summed E-state index contributed by atoms with van der Waals surface area (Å²) in [6.07, 6.45) is 0. The van der Waals surface area contributed by atoms with Gasteiger partial charge in [-0.15, -0.1) is 0 Å². The maximum Gasteiger partial charge on any atom is 0.255 e. The van der Waals surface area contributed by atoms with E-state index in [9.17, 15) is 9.18 Å². The molecule has 1 aromatic heterocycles. The highest BCUT2D eigenvalue weighted by molar-refractivity contribution is 5.96. The maximum atomic E-state index is 13.6. The van der Waals surface area contributed by atoms with E-state index >= 15 is 0 Å². The Kier molecular flexibility index (Phi) is 3.69. The summed E-state index contributed by atoms with van der Waals surface area (Å²) in [5, 5.41) is 0. The van der Waals surface area contributed by atoms with Gasteiger partial charge in [-0.05, 0) is 18.2 Å². The van der Waals surface area contributed by atoms with Crippen LogP contribution in [-0.2, 0) is 0 Å². The summed E-state index contributed by atoms with van der Waals surface area (Å²) in [5.74, 6) is -1.52. The third kappa shape index (κ3) is 2.61. The second-order valence-corrected chi connectivity index (χ2v) is 3.83. The summed E-state index contributed by atoms with van der Waals surface area (Å²) < 4.78 is 23.9. The summed E-state index contributed by atoms with van der Waals surface area (Å²) in [4.78, 5) is 15.2. The molecule has 0 fully saturated rings. The van der Waals surface area contributed by atoms with Crippen LogP contribution in [0.1, 0.15) is 10.4 Å². The lowest BCUT2D eigenvalue weighted by molar-refractivity contribution is 0.0994. The molecule has 0 saturated heterocycles. The van der Waals surface area contributed by atoms with Gasteiger partial charge in [0.15, 0.2) is 0 Å². The van der Waals surface area contributed by atoms with Gasteiger partial charge in [0.05, 0.1) is 12.8 Å². The topological polar surface area (TPSA) is 100 Å². The van der Waals surface area contributed by atoms with Crippen molar-refractivity contribution in [1.82, 2.24) is 4.98 Å². The number of pyridine rings is 1. The molecule has 0 bridgehead atoms. The molecule has 0 unspecified atom stereocenters. The quantitative estimate of drug-likeness (QED) is 0.885. The number of amides is 1. The van der Waals surface area contributed by atoms with Crippen molar-refractivity contribution in [2.24, 2.45) is 5.73 Å². The predicted octanol–water partition coefficient (Wildman–Crippen LogP) is 1.70. The smallest absolute Gasteiger partial charge is 0.255 e. The third-order valence-electron chi connectivity index (χ3n) is 2.50. The van der Waals surface area contributed by atoms with Gasteiger partial charge >= 0.3 is 0 Å². The Hall–Kier alpha value is -2.83. The molecule has 1 aromatic carbocycles. The molecule has 7 heteroatoms. The highest BCUT2D eigenvalue weighted by Gasteiger charge is 2.17. The highest BCUT2D eigenvalue weighted by atomic mass is 19.1. The number of hydrogen-bond donors (Lipinski definition) is 2. The number of nitrogen functional groups attached to an aromatic ring is 1. The summed E-state index contributed by atoms with van der Waals surface area (Å²) >= 11 is 0. The Bertz CT molecular complexity index is 661. The molecular weight excluding hydrogens is 265 g/mol. The van der Waals surface area contributed by atoms with Crippen LogP contribution in [0.2, 0.25) is 0 Å². The maximum absolute atomic E-state index is 13.6. The van der Waals surface area contributed by atoms with Crippen molar-refractivity contribution >= 4 is 11.6 Å². The molecule has 0 saturated carbocycles. The summed E-state index contributed by atoms with van der Waals surface area (Å²) in [5.41, 5.74) is 10.7. The van der Waals surface area contributed by atoms with Gasteiger partial charge < -0.3 is 20.9 Å². The lowest BCUT2D eigenvalue weighted by Gasteiger charge is -2.11. The molecule has 0 spiro atoms. The second kappa shape index (κ2) is 5.43. The molecular formula is C13H12FN3O3. The Morgan fingerprint density at radius 2 is 2.05 bits per heavy atom. The van der Waals surface area contributed by atoms with Gasteiger partial charge in [-0.2, -0.15) is 4.98 Å². The first-order chi connectivity index (χ1) is 9.52. The molecule has 2 rings (SSSR count). The molecule has 0 radical (unpaired) electrons. The number of ether oxygens (including phenoxy) is 2. The van der Waals surface area contributed by atoms with Gasteiger partial charge in [0.25, 0.3) is 5.91 Å². The van der Waals surface area contributed by atoms with Gasteiger partial charge in [-0.25, -0.2) is 4.39 Å². The minimum Gasteiger partial charge on any atom is -0.481 e. The van der Waals surface area contributed by atoms with E-state index in [0.29, 0.717) is 0 Å². The monoisotopic (exact) mass is 277 g/mol. The van der Waals surface area contributed by atoms with Crippen LogP contribution in [0.25, 0.3) is 0 Å². The van der Waals surface area contributed by atoms with Crippen molar-refractivity contribution in [3.05, 3.63) is 41.7 Å². The number of carbonyl (C=O) groups is 1. The fraction of sp³-hybridized carbons (Fsp3) is 0.0769. The van der Waals surface area contributed by atoms with Gasteiger partial charge in [0.1, 0.15) is 17.1 Å². The largest absolute Gasteiger partial charge is 0.481 e. The number of benzene rings is 1. The average Bonchev–Trinajstić information content (AvgIpc) is 2.41. The van der Waals surface area contributed by atoms with Gasteiger partial charge in [0, 0.05) is 6.07 Å². The molecule has 4 N–H and O–H groups in total. The minimum atomic E-state index is -0.945. The van der Waals surface area contributed by atoms with Crippen molar-refractivity contribution < 1.29 is 18.7 Å². The first kappa shape index (κ1) is 13.6. The Morgan fingerprint density at radius 1 is 1.30 bits per heavy atom. The fourth-order valence-electron chi connectivity index (χ4n) is 1.56. The van der Waals surface area contributed by atoms with Crippen LogP contribution >= 0.6 is 0 Å². The van der Waals surface area contributed by atoms with E-state index in [0.717, 1.165) is 6.07 Å².